The summed E-state index contributed by atoms with van der Waals surface area (Å²) in [5, 5.41) is 9.48. The van der Waals surface area contributed by atoms with Crippen LogP contribution < -0.4 is 5.43 Å². The molecule has 1 heterocycles. The zero-order chi connectivity index (χ0) is 16.2. The fourth-order valence-electron chi connectivity index (χ4n) is 2.61. The van der Waals surface area contributed by atoms with Gasteiger partial charge in [0.25, 0.3) is 0 Å². The number of hydrogen-bond acceptors (Lipinski definition) is 3. The van der Waals surface area contributed by atoms with E-state index >= 15 is 0 Å². The number of aliphatic hydroxyl groups excluding tert-OH is 1. The first-order valence-corrected chi connectivity index (χ1v) is 7.61. The van der Waals surface area contributed by atoms with Gasteiger partial charge in [0, 0.05) is 23.3 Å². The van der Waals surface area contributed by atoms with Crippen molar-refractivity contribution in [1.29, 1.82) is 0 Å². The summed E-state index contributed by atoms with van der Waals surface area (Å²) in [6.45, 7) is 1.89. The highest BCUT2D eigenvalue weighted by molar-refractivity contribution is 5.87. The summed E-state index contributed by atoms with van der Waals surface area (Å²) in [5.41, 5.74) is 2.90. The minimum absolute atomic E-state index is 0.0116. The lowest BCUT2D eigenvalue weighted by Gasteiger charge is -2.08. The van der Waals surface area contributed by atoms with E-state index in [-0.39, 0.29) is 12.0 Å². The minimum atomic E-state index is -0.0116. The van der Waals surface area contributed by atoms with E-state index in [0.717, 1.165) is 11.1 Å². The van der Waals surface area contributed by atoms with Crippen LogP contribution in [0, 0.1) is 6.92 Å². The molecule has 0 unspecified atom stereocenters. The molecule has 3 nitrogen and oxygen atoms in total. The predicted octanol–water partition coefficient (Wildman–Crippen LogP) is 4.16. The molecule has 1 aromatic heterocycles. The molecule has 0 aliphatic carbocycles. The molecule has 0 saturated carbocycles. The van der Waals surface area contributed by atoms with E-state index in [0.29, 0.717) is 28.7 Å². The molecule has 3 heteroatoms. The Morgan fingerprint density at radius 3 is 2.61 bits per heavy atom. The van der Waals surface area contributed by atoms with E-state index in [1.165, 1.54) is 0 Å². The van der Waals surface area contributed by atoms with Crippen molar-refractivity contribution in [2.24, 2.45) is 0 Å². The fraction of sp³-hybridized carbons (Fsp3) is 0.150. The van der Waals surface area contributed by atoms with Gasteiger partial charge in [0.05, 0.1) is 5.39 Å². The Morgan fingerprint density at radius 2 is 1.87 bits per heavy atom. The predicted molar refractivity (Wildman–Crippen MR) is 93.4 cm³/mol. The summed E-state index contributed by atoms with van der Waals surface area (Å²) < 4.78 is 6.11. The van der Waals surface area contributed by atoms with Crippen molar-refractivity contribution in [3.05, 3.63) is 76.0 Å². The first kappa shape index (κ1) is 15.3. The lowest BCUT2D eigenvalue weighted by Crippen LogP contribution is -2.07. The standard InChI is InChI=1S/C20H18O3/c1-14-18(22)17-12-7-11-16(10-5-6-13-21)20(17)23-19(14)15-8-3-2-4-9-15/h2-5,7-12,21H,6,13H2,1H3. The molecule has 3 rings (SSSR count). The molecule has 0 aliphatic heterocycles. The van der Waals surface area contributed by atoms with Crippen LogP contribution in [0.25, 0.3) is 28.4 Å². The summed E-state index contributed by atoms with van der Waals surface area (Å²) in [6, 6.07) is 15.2. The minimum Gasteiger partial charge on any atom is -0.455 e. The molecule has 0 saturated heterocycles. The lowest BCUT2D eigenvalue weighted by atomic mass is 10.0. The molecule has 23 heavy (non-hydrogen) atoms. The number of fused-ring (bicyclic) bond motifs is 1. The van der Waals surface area contributed by atoms with Gasteiger partial charge in [-0.3, -0.25) is 4.79 Å². The summed E-state index contributed by atoms with van der Waals surface area (Å²) in [5.74, 6) is 0.603. The topological polar surface area (TPSA) is 50.4 Å². The first-order valence-electron chi connectivity index (χ1n) is 7.61. The van der Waals surface area contributed by atoms with Gasteiger partial charge in [-0.15, -0.1) is 0 Å². The lowest BCUT2D eigenvalue weighted by molar-refractivity contribution is 0.303. The zero-order valence-electron chi connectivity index (χ0n) is 13.0. The molecule has 0 fully saturated rings. The van der Waals surface area contributed by atoms with Gasteiger partial charge in [0.1, 0.15) is 11.3 Å². The summed E-state index contributed by atoms with van der Waals surface area (Å²) >= 11 is 0. The van der Waals surface area contributed by atoms with Crippen LogP contribution in [0.5, 0.6) is 0 Å². The monoisotopic (exact) mass is 306 g/mol. The second kappa shape index (κ2) is 6.63. The largest absolute Gasteiger partial charge is 0.455 e. The van der Waals surface area contributed by atoms with E-state index in [1.54, 1.807) is 13.0 Å². The van der Waals surface area contributed by atoms with Crippen LogP contribution in [0.3, 0.4) is 0 Å². The van der Waals surface area contributed by atoms with Crippen molar-refractivity contribution in [2.45, 2.75) is 13.3 Å². The van der Waals surface area contributed by atoms with Gasteiger partial charge >= 0.3 is 0 Å². The molecule has 0 radical (unpaired) electrons. The number of benzene rings is 2. The van der Waals surface area contributed by atoms with Crippen molar-refractivity contribution < 1.29 is 9.52 Å². The van der Waals surface area contributed by atoms with Crippen LogP contribution in [0.4, 0.5) is 0 Å². The average Bonchev–Trinajstić information content (AvgIpc) is 2.59. The normalized spacial score (nSPS) is 11.4. The van der Waals surface area contributed by atoms with Gasteiger partial charge in [-0.05, 0) is 19.4 Å². The highest BCUT2D eigenvalue weighted by Crippen LogP contribution is 2.27. The highest BCUT2D eigenvalue weighted by atomic mass is 16.3. The molecule has 0 amide bonds. The molecular weight excluding hydrogens is 288 g/mol. The quantitative estimate of drug-likeness (QED) is 0.787. The molecule has 0 atom stereocenters. The third-order valence-corrected chi connectivity index (χ3v) is 3.80. The Hall–Kier alpha value is -2.65. The van der Waals surface area contributed by atoms with Crippen molar-refractivity contribution in [3.63, 3.8) is 0 Å². The first-order chi connectivity index (χ1) is 11.2. The Kier molecular flexibility index (Phi) is 4.40. The molecule has 116 valence electrons. The Balaban J connectivity index is 2.26. The highest BCUT2D eigenvalue weighted by Gasteiger charge is 2.13. The van der Waals surface area contributed by atoms with Gasteiger partial charge in [0.15, 0.2) is 5.43 Å². The SMILES string of the molecule is Cc1c(-c2ccccc2)oc2c(C=CCCO)cccc2c1=O. The van der Waals surface area contributed by atoms with Gasteiger partial charge in [0.2, 0.25) is 0 Å². The number of hydrogen-bond donors (Lipinski definition) is 1. The summed E-state index contributed by atoms with van der Waals surface area (Å²) in [4.78, 5) is 12.7. The van der Waals surface area contributed by atoms with E-state index in [1.807, 2.05) is 54.6 Å². The van der Waals surface area contributed by atoms with Crippen molar-refractivity contribution in [2.75, 3.05) is 6.61 Å². The maximum atomic E-state index is 12.7. The van der Waals surface area contributed by atoms with E-state index < -0.39 is 0 Å². The van der Waals surface area contributed by atoms with Crippen LogP contribution >= 0.6 is 0 Å². The smallest absolute Gasteiger partial charge is 0.196 e. The maximum Gasteiger partial charge on any atom is 0.196 e. The number of aliphatic hydroxyl groups is 1. The van der Waals surface area contributed by atoms with Crippen LogP contribution in [0.2, 0.25) is 0 Å². The summed E-state index contributed by atoms with van der Waals surface area (Å²) in [6.07, 6.45) is 4.32. The molecule has 0 spiro atoms. The molecule has 0 bridgehead atoms. The van der Waals surface area contributed by atoms with E-state index in [4.69, 9.17) is 9.52 Å². The molecule has 0 aliphatic rings. The van der Waals surface area contributed by atoms with Crippen LogP contribution in [-0.2, 0) is 0 Å². The van der Waals surface area contributed by atoms with Crippen molar-refractivity contribution in [3.8, 4) is 11.3 Å². The van der Waals surface area contributed by atoms with Crippen LogP contribution in [-0.4, -0.2) is 11.7 Å². The Morgan fingerprint density at radius 1 is 1.09 bits per heavy atom. The van der Waals surface area contributed by atoms with Crippen LogP contribution in [0.1, 0.15) is 17.5 Å². The molecule has 2 aromatic carbocycles. The third-order valence-electron chi connectivity index (χ3n) is 3.80. The second-order valence-electron chi connectivity index (χ2n) is 5.39. The van der Waals surface area contributed by atoms with Crippen molar-refractivity contribution >= 4 is 17.0 Å². The summed E-state index contributed by atoms with van der Waals surface area (Å²) in [7, 11) is 0. The van der Waals surface area contributed by atoms with Gasteiger partial charge < -0.3 is 9.52 Å². The molecule has 1 N–H and O–H groups in total. The van der Waals surface area contributed by atoms with Gasteiger partial charge in [-0.25, -0.2) is 0 Å². The second-order valence-corrected chi connectivity index (χ2v) is 5.39. The van der Waals surface area contributed by atoms with Crippen molar-refractivity contribution in [1.82, 2.24) is 0 Å². The number of para-hydroxylation sites is 1. The Bertz CT molecular complexity index is 905. The van der Waals surface area contributed by atoms with Gasteiger partial charge in [-0.1, -0.05) is 54.6 Å². The maximum absolute atomic E-state index is 12.7. The Labute approximate surface area is 134 Å². The molecular formula is C20H18O3. The fourth-order valence-corrected chi connectivity index (χ4v) is 2.61. The van der Waals surface area contributed by atoms with E-state index in [2.05, 4.69) is 0 Å². The number of rotatable bonds is 4. The average molecular weight is 306 g/mol. The van der Waals surface area contributed by atoms with Gasteiger partial charge in [-0.2, -0.15) is 0 Å². The molecule has 3 aromatic rings. The van der Waals surface area contributed by atoms with Crippen LogP contribution in [0.15, 0.2) is 63.8 Å². The zero-order valence-corrected chi connectivity index (χ0v) is 13.0. The third kappa shape index (κ3) is 2.96. The van der Waals surface area contributed by atoms with E-state index in [9.17, 15) is 4.79 Å².